The number of hydrogen-bond donors (Lipinski definition) is 0. The SMILES string of the molecule is C=C/C=C(\SC)C(=O)N1CCN(C2=C(C#N)C(=O)N(CCCOC(C)=O)c3ncccc3C2)CC1. The molecule has 0 saturated carbocycles. The number of carbonyl (C=O) groups excluding carboxylic acids is 3. The monoisotopic (exact) mass is 495 g/mol. The van der Waals surface area contributed by atoms with E-state index in [1.807, 2.05) is 23.3 Å². The highest BCUT2D eigenvalue weighted by molar-refractivity contribution is 8.03. The molecule has 0 atom stereocenters. The molecule has 0 radical (unpaired) electrons. The lowest BCUT2D eigenvalue weighted by atomic mass is 10.1. The van der Waals surface area contributed by atoms with Gasteiger partial charge < -0.3 is 14.5 Å². The van der Waals surface area contributed by atoms with Crippen LogP contribution >= 0.6 is 11.8 Å². The van der Waals surface area contributed by atoms with Crippen molar-refractivity contribution in [3.8, 4) is 6.07 Å². The van der Waals surface area contributed by atoms with Crippen LogP contribution < -0.4 is 4.90 Å². The van der Waals surface area contributed by atoms with Gasteiger partial charge in [-0.05, 0) is 24.8 Å². The molecule has 0 aromatic carbocycles. The first-order valence-electron chi connectivity index (χ1n) is 11.3. The molecule has 3 rings (SSSR count). The van der Waals surface area contributed by atoms with Crippen LogP contribution in [0, 0.1) is 11.3 Å². The van der Waals surface area contributed by atoms with Gasteiger partial charge in [0.1, 0.15) is 17.5 Å². The number of anilines is 1. The van der Waals surface area contributed by atoms with E-state index in [1.165, 1.54) is 23.6 Å². The average molecular weight is 496 g/mol. The van der Waals surface area contributed by atoms with Crippen molar-refractivity contribution in [2.45, 2.75) is 19.8 Å². The Kier molecular flexibility index (Phi) is 9.09. The van der Waals surface area contributed by atoms with E-state index in [1.54, 1.807) is 23.2 Å². The number of carbonyl (C=O) groups is 3. The van der Waals surface area contributed by atoms with Crippen LogP contribution in [-0.4, -0.2) is 78.2 Å². The summed E-state index contributed by atoms with van der Waals surface area (Å²) in [7, 11) is 0. The second-order valence-electron chi connectivity index (χ2n) is 8.00. The standard InChI is InChI=1S/C25H29N5O4S/c1-4-7-22(35-3)25(33)29-13-11-28(12-14-29)21-16-19-8-5-9-27-23(19)30(24(32)20(21)17-26)10-6-15-34-18(2)31/h4-5,7-9H,1,6,10-16H2,2-3H3/b22-7-. The summed E-state index contributed by atoms with van der Waals surface area (Å²) in [4.78, 5) is 47.7. The minimum atomic E-state index is -0.417. The van der Waals surface area contributed by atoms with E-state index in [9.17, 15) is 19.6 Å². The van der Waals surface area contributed by atoms with Gasteiger partial charge >= 0.3 is 5.97 Å². The molecule has 10 heteroatoms. The van der Waals surface area contributed by atoms with Crippen LogP contribution in [0.25, 0.3) is 0 Å². The van der Waals surface area contributed by atoms with Gasteiger partial charge in [-0.25, -0.2) is 4.98 Å². The number of nitriles is 1. The van der Waals surface area contributed by atoms with Gasteiger partial charge in [0.2, 0.25) is 0 Å². The Bertz CT molecular complexity index is 1100. The van der Waals surface area contributed by atoms with Crippen LogP contribution in [0.4, 0.5) is 5.82 Å². The van der Waals surface area contributed by atoms with Crippen molar-refractivity contribution in [3.63, 3.8) is 0 Å². The van der Waals surface area contributed by atoms with E-state index in [0.717, 1.165) is 5.56 Å². The summed E-state index contributed by atoms with van der Waals surface area (Å²) in [6.07, 6.45) is 7.59. The molecule has 0 unspecified atom stereocenters. The molecule has 2 amide bonds. The zero-order valence-electron chi connectivity index (χ0n) is 20.0. The number of ether oxygens (including phenoxy) is 1. The van der Waals surface area contributed by atoms with Gasteiger partial charge in [-0.2, -0.15) is 5.26 Å². The van der Waals surface area contributed by atoms with Crippen molar-refractivity contribution in [2.24, 2.45) is 0 Å². The van der Waals surface area contributed by atoms with Gasteiger partial charge in [0.15, 0.2) is 0 Å². The summed E-state index contributed by atoms with van der Waals surface area (Å²) >= 11 is 1.38. The van der Waals surface area contributed by atoms with Crippen LogP contribution in [-0.2, 0) is 25.5 Å². The fourth-order valence-corrected chi connectivity index (χ4v) is 4.67. The molecule has 0 spiro atoms. The van der Waals surface area contributed by atoms with Crippen molar-refractivity contribution in [2.75, 3.05) is 50.5 Å². The molecule has 3 heterocycles. The Labute approximate surface area is 209 Å². The number of fused-ring (bicyclic) bond motifs is 1. The number of thioether (sulfide) groups is 1. The van der Waals surface area contributed by atoms with Crippen LogP contribution in [0.15, 0.2) is 53.2 Å². The Morgan fingerprint density at radius 3 is 2.69 bits per heavy atom. The molecule has 2 aliphatic rings. The molecular formula is C25H29N5O4S. The molecule has 0 N–H and O–H groups in total. The fourth-order valence-electron chi connectivity index (χ4n) is 4.13. The summed E-state index contributed by atoms with van der Waals surface area (Å²) in [5.41, 5.74) is 1.56. The Morgan fingerprint density at radius 2 is 2.06 bits per heavy atom. The van der Waals surface area contributed by atoms with Crippen LogP contribution in [0.2, 0.25) is 0 Å². The molecule has 1 saturated heterocycles. The summed E-state index contributed by atoms with van der Waals surface area (Å²) in [5, 5.41) is 9.98. The van der Waals surface area contributed by atoms with Gasteiger partial charge in [0.05, 0.1) is 11.5 Å². The average Bonchev–Trinajstić information content (AvgIpc) is 2.98. The molecule has 0 bridgehead atoms. The summed E-state index contributed by atoms with van der Waals surface area (Å²) in [6.45, 7) is 7.43. The van der Waals surface area contributed by atoms with E-state index in [2.05, 4.69) is 17.6 Å². The number of amides is 2. The smallest absolute Gasteiger partial charge is 0.302 e. The lowest BCUT2D eigenvalue weighted by Gasteiger charge is -2.37. The van der Waals surface area contributed by atoms with E-state index in [0.29, 0.717) is 55.4 Å². The second-order valence-corrected chi connectivity index (χ2v) is 8.84. The Balaban J connectivity index is 1.83. The highest BCUT2D eigenvalue weighted by atomic mass is 32.2. The number of aromatic nitrogens is 1. The molecule has 9 nitrogen and oxygen atoms in total. The summed E-state index contributed by atoms with van der Waals surface area (Å²) in [6, 6.07) is 5.83. The molecule has 0 aliphatic carbocycles. The quantitative estimate of drug-likeness (QED) is 0.234. The van der Waals surface area contributed by atoms with Crippen molar-refractivity contribution in [1.82, 2.24) is 14.8 Å². The number of nitrogens with zero attached hydrogens (tertiary/aromatic N) is 5. The maximum Gasteiger partial charge on any atom is 0.302 e. The van der Waals surface area contributed by atoms with Crippen molar-refractivity contribution in [3.05, 3.63) is 58.8 Å². The second kappa shape index (κ2) is 12.2. The fraction of sp³-hybridized carbons (Fsp3) is 0.400. The third-order valence-electron chi connectivity index (χ3n) is 5.82. The predicted molar refractivity (Wildman–Crippen MR) is 134 cm³/mol. The number of allylic oxidation sites excluding steroid dienone is 3. The molecule has 1 aromatic heterocycles. The summed E-state index contributed by atoms with van der Waals surface area (Å²) in [5.74, 6) is -0.333. The lowest BCUT2D eigenvalue weighted by molar-refractivity contribution is -0.141. The molecule has 2 aliphatic heterocycles. The van der Waals surface area contributed by atoms with E-state index < -0.39 is 5.91 Å². The zero-order valence-corrected chi connectivity index (χ0v) is 20.8. The van der Waals surface area contributed by atoms with Gasteiger partial charge in [-0.3, -0.25) is 19.3 Å². The zero-order chi connectivity index (χ0) is 25.4. The van der Waals surface area contributed by atoms with Gasteiger partial charge in [0.25, 0.3) is 11.8 Å². The number of rotatable bonds is 8. The topological polar surface area (TPSA) is 107 Å². The third kappa shape index (κ3) is 6.11. The largest absolute Gasteiger partial charge is 0.466 e. The molecule has 35 heavy (non-hydrogen) atoms. The third-order valence-corrected chi connectivity index (χ3v) is 6.57. The maximum atomic E-state index is 13.5. The first-order chi connectivity index (χ1) is 16.9. The number of piperazine rings is 1. The molecular weight excluding hydrogens is 466 g/mol. The van der Waals surface area contributed by atoms with Gasteiger partial charge in [-0.15, -0.1) is 11.8 Å². The Hall–Kier alpha value is -3.58. The van der Waals surface area contributed by atoms with Crippen LogP contribution in [0.5, 0.6) is 0 Å². The van der Waals surface area contributed by atoms with Crippen LogP contribution in [0.3, 0.4) is 0 Å². The van der Waals surface area contributed by atoms with Crippen molar-refractivity contribution >= 4 is 35.4 Å². The number of esters is 1. The van der Waals surface area contributed by atoms with E-state index in [4.69, 9.17) is 4.74 Å². The minimum Gasteiger partial charge on any atom is -0.466 e. The first-order valence-corrected chi connectivity index (χ1v) is 12.6. The maximum absolute atomic E-state index is 13.5. The molecule has 1 fully saturated rings. The molecule has 184 valence electrons. The summed E-state index contributed by atoms with van der Waals surface area (Å²) < 4.78 is 5.00. The minimum absolute atomic E-state index is 0.0445. The van der Waals surface area contributed by atoms with Crippen molar-refractivity contribution in [1.29, 1.82) is 5.26 Å². The normalized spacial score (nSPS) is 16.4. The van der Waals surface area contributed by atoms with Gasteiger partial charge in [-0.1, -0.05) is 18.7 Å². The first kappa shape index (κ1) is 26.0. The van der Waals surface area contributed by atoms with Gasteiger partial charge in [0, 0.05) is 63.5 Å². The molecule has 1 aromatic rings. The predicted octanol–water partition coefficient (Wildman–Crippen LogP) is 2.28. The number of pyridine rings is 1. The van der Waals surface area contributed by atoms with Crippen LogP contribution in [0.1, 0.15) is 18.9 Å². The van der Waals surface area contributed by atoms with E-state index >= 15 is 0 Å². The van der Waals surface area contributed by atoms with E-state index in [-0.39, 0.29) is 30.6 Å². The van der Waals surface area contributed by atoms with Crippen molar-refractivity contribution < 1.29 is 19.1 Å². The number of hydrogen-bond acceptors (Lipinski definition) is 8. The Morgan fingerprint density at radius 1 is 1.31 bits per heavy atom. The highest BCUT2D eigenvalue weighted by Crippen LogP contribution is 2.30. The highest BCUT2D eigenvalue weighted by Gasteiger charge is 2.33. The lowest BCUT2D eigenvalue weighted by Crippen LogP contribution is -2.49.